The largest absolute Gasteiger partial charge is 0.352 e. The van der Waals surface area contributed by atoms with Crippen LogP contribution in [0.1, 0.15) is 24.5 Å². The van der Waals surface area contributed by atoms with Gasteiger partial charge in [-0.15, -0.1) is 0 Å². The predicted molar refractivity (Wildman–Crippen MR) is 92.1 cm³/mol. The molecule has 0 saturated heterocycles. The Morgan fingerprint density at radius 2 is 1.83 bits per heavy atom. The monoisotopic (exact) mass is 328 g/mol. The molecule has 2 rings (SSSR count). The summed E-state index contributed by atoms with van der Waals surface area (Å²) in [7, 11) is 0. The molecule has 0 aliphatic rings. The van der Waals surface area contributed by atoms with Crippen LogP contribution in [-0.4, -0.2) is 18.4 Å². The van der Waals surface area contributed by atoms with Gasteiger partial charge in [-0.3, -0.25) is 9.59 Å². The highest BCUT2D eigenvalue weighted by Gasteiger charge is 2.13. The molecule has 0 radical (unpaired) electrons. The van der Waals surface area contributed by atoms with Gasteiger partial charge >= 0.3 is 0 Å². The first kappa shape index (κ1) is 17.7. The van der Waals surface area contributed by atoms with Gasteiger partial charge in [0.1, 0.15) is 5.82 Å². The van der Waals surface area contributed by atoms with Crippen LogP contribution in [0, 0.1) is 12.7 Å². The van der Waals surface area contributed by atoms with Crippen molar-refractivity contribution < 1.29 is 14.0 Å². The number of nitrogens with zero attached hydrogens (tertiary/aromatic N) is 1. The van der Waals surface area contributed by atoms with Gasteiger partial charge in [-0.25, -0.2) is 4.39 Å². The average Bonchev–Trinajstić information content (AvgIpc) is 2.54. The van der Waals surface area contributed by atoms with Crippen molar-refractivity contribution >= 4 is 17.5 Å². The summed E-state index contributed by atoms with van der Waals surface area (Å²) in [6.45, 7) is 4.09. The van der Waals surface area contributed by atoms with E-state index >= 15 is 0 Å². The molecule has 0 aliphatic carbocycles. The lowest BCUT2D eigenvalue weighted by Crippen LogP contribution is -2.33. The zero-order valence-corrected chi connectivity index (χ0v) is 13.9. The second kappa shape index (κ2) is 8.24. The smallest absolute Gasteiger partial charge is 0.223 e. The number of hydrogen-bond acceptors (Lipinski definition) is 2. The molecule has 0 atom stereocenters. The molecule has 0 spiro atoms. The normalized spacial score (nSPS) is 10.3. The van der Waals surface area contributed by atoms with Crippen LogP contribution in [0.15, 0.2) is 48.5 Å². The van der Waals surface area contributed by atoms with Crippen LogP contribution in [0.3, 0.4) is 0 Å². The highest BCUT2D eigenvalue weighted by Crippen LogP contribution is 2.16. The van der Waals surface area contributed by atoms with Gasteiger partial charge < -0.3 is 10.2 Å². The minimum Gasteiger partial charge on any atom is -0.352 e. The summed E-state index contributed by atoms with van der Waals surface area (Å²) < 4.78 is 12.8. The van der Waals surface area contributed by atoms with E-state index < -0.39 is 0 Å². The van der Waals surface area contributed by atoms with Gasteiger partial charge in [-0.05, 0) is 42.3 Å². The average molecular weight is 328 g/mol. The Morgan fingerprint density at radius 1 is 1.12 bits per heavy atom. The summed E-state index contributed by atoms with van der Waals surface area (Å²) in [5.41, 5.74) is 2.67. The van der Waals surface area contributed by atoms with Crippen LogP contribution in [0.5, 0.6) is 0 Å². The molecule has 0 bridgehead atoms. The van der Waals surface area contributed by atoms with E-state index in [0.29, 0.717) is 13.1 Å². The number of halogens is 1. The molecule has 0 fully saturated rings. The van der Waals surface area contributed by atoms with E-state index in [1.165, 1.54) is 19.1 Å². The Morgan fingerprint density at radius 3 is 2.46 bits per heavy atom. The van der Waals surface area contributed by atoms with Crippen molar-refractivity contribution in [3.63, 3.8) is 0 Å². The first-order valence-corrected chi connectivity index (χ1v) is 7.81. The SMILES string of the molecule is CC(=O)N(CCC(=O)NCc1ccc(F)cc1)c1cccc(C)c1. The zero-order chi connectivity index (χ0) is 17.5. The third kappa shape index (κ3) is 5.19. The lowest BCUT2D eigenvalue weighted by Gasteiger charge is -2.21. The molecule has 2 amide bonds. The molecule has 2 aromatic rings. The lowest BCUT2D eigenvalue weighted by molar-refractivity contribution is -0.121. The van der Waals surface area contributed by atoms with Crippen LogP contribution in [0.2, 0.25) is 0 Å². The summed E-state index contributed by atoms with van der Waals surface area (Å²) in [6, 6.07) is 13.6. The molecule has 4 nitrogen and oxygen atoms in total. The lowest BCUT2D eigenvalue weighted by atomic mass is 10.2. The molecule has 126 valence electrons. The Hall–Kier alpha value is -2.69. The van der Waals surface area contributed by atoms with Gasteiger partial charge in [0.25, 0.3) is 0 Å². The maximum absolute atomic E-state index is 12.8. The second-order valence-electron chi connectivity index (χ2n) is 5.66. The van der Waals surface area contributed by atoms with Gasteiger partial charge in [0, 0.05) is 32.1 Å². The van der Waals surface area contributed by atoms with Crippen molar-refractivity contribution in [2.45, 2.75) is 26.8 Å². The number of benzene rings is 2. The number of carbonyl (C=O) groups excluding carboxylic acids is 2. The molecular weight excluding hydrogens is 307 g/mol. The van der Waals surface area contributed by atoms with E-state index in [-0.39, 0.29) is 24.1 Å². The third-order valence-electron chi connectivity index (χ3n) is 3.66. The fourth-order valence-corrected chi connectivity index (χ4v) is 2.37. The third-order valence-corrected chi connectivity index (χ3v) is 3.66. The summed E-state index contributed by atoms with van der Waals surface area (Å²) in [6.07, 6.45) is 0.203. The number of nitrogens with one attached hydrogen (secondary N) is 1. The van der Waals surface area contributed by atoms with Gasteiger partial charge in [-0.2, -0.15) is 0 Å². The van der Waals surface area contributed by atoms with Crippen LogP contribution in [-0.2, 0) is 16.1 Å². The number of amides is 2. The molecule has 1 N–H and O–H groups in total. The first-order valence-electron chi connectivity index (χ1n) is 7.81. The van der Waals surface area contributed by atoms with Crippen molar-refractivity contribution in [3.05, 3.63) is 65.5 Å². The van der Waals surface area contributed by atoms with E-state index in [4.69, 9.17) is 0 Å². The number of rotatable bonds is 6. The fraction of sp³-hybridized carbons (Fsp3) is 0.263. The number of anilines is 1. The maximum atomic E-state index is 12.8. The van der Waals surface area contributed by atoms with Gasteiger partial charge in [0.15, 0.2) is 0 Å². The quantitative estimate of drug-likeness (QED) is 0.885. The van der Waals surface area contributed by atoms with Crippen molar-refractivity contribution in [3.8, 4) is 0 Å². The second-order valence-corrected chi connectivity index (χ2v) is 5.66. The minimum absolute atomic E-state index is 0.105. The molecule has 0 unspecified atom stereocenters. The Kier molecular flexibility index (Phi) is 6.07. The summed E-state index contributed by atoms with van der Waals surface area (Å²) in [5.74, 6) is -0.564. The summed E-state index contributed by atoms with van der Waals surface area (Å²) >= 11 is 0. The first-order chi connectivity index (χ1) is 11.5. The molecule has 24 heavy (non-hydrogen) atoms. The Labute approximate surface area is 141 Å². The molecule has 0 heterocycles. The zero-order valence-electron chi connectivity index (χ0n) is 13.9. The van der Waals surface area contributed by atoms with Gasteiger partial charge in [0.2, 0.25) is 11.8 Å². The molecule has 2 aromatic carbocycles. The van der Waals surface area contributed by atoms with E-state index in [2.05, 4.69) is 5.32 Å². The van der Waals surface area contributed by atoms with E-state index in [1.807, 2.05) is 31.2 Å². The predicted octanol–water partition coefficient (Wildman–Crippen LogP) is 3.19. The highest BCUT2D eigenvalue weighted by atomic mass is 19.1. The van der Waals surface area contributed by atoms with Gasteiger partial charge in [-0.1, -0.05) is 24.3 Å². The number of hydrogen-bond donors (Lipinski definition) is 1. The topological polar surface area (TPSA) is 49.4 Å². The molecule has 0 saturated carbocycles. The molecule has 5 heteroatoms. The van der Waals surface area contributed by atoms with Crippen molar-refractivity contribution in [1.82, 2.24) is 5.32 Å². The van der Waals surface area contributed by atoms with Crippen molar-refractivity contribution in [1.29, 1.82) is 0 Å². The van der Waals surface area contributed by atoms with Crippen LogP contribution in [0.25, 0.3) is 0 Å². The summed E-state index contributed by atoms with van der Waals surface area (Å²) in [4.78, 5) is 25.4. The van der Waals surface area contributed by atoms with Crippen molar-refractivity contribution in [2.24, 2.45) is 0 Å². The standard InChI is InChI=1S/C19H21FN2O2/c1-14-4-3-5-18(12-14)22(15(2)23)11-10-19(24)21-13-16-6-8-17(20)9-7-16/h3-9,12H,10-11,13H2,1-2H3,(H,21,24). The fourth-order valence-electron chi connectivity index (χ4n) is 2.37. The number of carbonyl (C=O) groups is 2. The van der Waals surface area contributed by atoms with E-state index in [0.717, 1.165) is 16.8 Å². The molecule has 0 aromatic heterocycles. The van der Waals surface area contributed by atoms with Crippen LogP contribution < -0.4 is 10.2 Å². The van der Waals surface area contributed by atoms with Gasteiger partial charge in [0.05, 0.1) is 0 Å². The minimum atomic E-state index is -0.305. The molecular formula is C19H21FN2O2. The molecule has 0 aliphatic heterocycles. The maximum Gasteiger partial charge on any atom is 0.223 e. The van der Waals surface area contributed by atoms with Crippen LogP contribution >= 0.6 is 0 Å². The number of aryl methyl sites for hydroxylation is 1. The Balaban J connectivity index is 1.88. The van der Waals surface area contributed by atoms with E-state index in [1.54, 1.807) is 17.0 Å². The van der Waals surface area contributed by atoms with Crippen molar-refractivity contribution in [2.75, 3.05) is 11.4 Å². The Bertz CT molecular complexity index is 714. The van der Waals surface area contributed by atoms with Crippen LogP contribution in [0.4, 0.5) is 10.1 Å². The highest BCUT2D eigenvalue weighted by molar-refractivity contribution is 5.92. The van der Waals surface area contributed by atoms with E-state index in [9.17, 15) is 14.0 Å². The summed E-state index contributed by atoms with van der Waals surface area (Å²) in [5, 5.41) is 2.78.